The van der Waals surface area contributed by atoms with Gasteiger partial charge >= 0.3 is 0 Å². The van der Waals surface area contributed by atoms with Crippen molar-refractivity contribution >= 4 is 30.0 Å². The maximum Gasteiger partial charge on any atom is 0.258 e. The Hall–Kier alpha value is -3.19. The van der Waals surface area contributed by atoms with Gasteiger partial charge in [0.25, 0.3) is 5.91 Å². The van der Waals surface area contributed by atoms with Gasteiger partial charge < -0.3 is 25.4 Å². The molecule has 2 amide bonds. The van der Waals surface area contributed by atoms with Gasteiger partial charge in [0, 0.05) is 11.3 Å². The molecular weight excluding hydrogens is 322 g/mol. The Kier molecular flexibility index (Phi) is 4.76. The Labute approximate surface area is 144 Å². The van der Waals surface area contributed by atoms with Crippen molar-refractivity contribution in [2.75, 3.05) is 23.9 Å². The normalized spacial score (nSPS) is 14.3. The predicted molar refractivity (Wildman–Crippen MR) is 93.2 cm³/mol. The van der Waals surface area contributed by atoms with Gasteiger partial charge in [0.2, 0.25) is 6.41 Å². The average molecular weight is 339 g/mol. The highest BCUT2D eigenvalue weighted by molar-refractivity contribution is 6.05. The van der Waals surface area contributed by atoms with Gasteiger partial charge in [-0.3, -0.25) is 9.59 Å². The average Bonchev–Trinajstić information content (AvgIpc) is 2.65. The Morgan fingerprint density at radius 1 is 1.16 bits per heavy atom. The van der Waals surface area contributed by atoms with E-state index in [0.717, 1.165) is 11.1 Å². The molecule has 0 bridgehead atoms. The molecule has 1 aliphatic rings. The van der Waals surface area contributed by atoms with Crippen LogP contribution in [0.2, 0.25) is 0 Å². The monoisotopic (exact) mass is 339 g/mol. The van der Waals surface area contributed by atoms with Crippen molar-refractivity contribution in [3.8, 4) is 11.1 Å². The SMILES string of the molecule is O=CNc1ccc(-c2cccc3c2NCN(C(C=O)CO)C3=O)cc1. The fourth-order valence-electron chi connectivity index (χ4n) is 2.85. The quantitative estimate of drug-likeness (QED) is 0.689. The number of carbonyl (C=O) groups is 3. The topological polar surface area (TPSA) is 98.7 Å². The van der Waals surface area contributed by atoms with E-state index in [4.69, 9.17) is 0 Å². The van der Waals surface area contributed by atoms with Gasteiger partial charge in [-0.1, -0.05) is 24.3 Å². The van der Waals surface area contributed by atoms with Gasteiger partial charge in [-0.05, 0) is 23.8 Å². The van der Waals surface area contributed by atoms with Crippen molar-refractivity contribution in [3.05, 3.63) is 48.0 Å². The number of anilines is 2. The van der Waals surface area contributed by atoms with Gasteiger partial charge in [-0.25, -0.2) is 0 Å². The molecule has 0 fully saturated rings. The molecule has 0 aromatic heterocycles. The number of aldehydes is 1. The second kappa shape index (κ2) is 7.14. The second-order valence-electron chi connectivity index (χ2n) is 5.56. The van der Waals surface area contributed by atoms with Crippen molar-refractivity contribution in [3.63, 3.8) is 0 Å². The van der Waals surface area contributed by atoms with Crippen molar-refractivity contribution in [2.45, 2.75) is 6.04 Å². The number of hydrogen-bond acceptors (Lipinski definition) is 5. The summed E-state index contributed by atoms with van der Waals surface area (Å²) in [6.45, 7) is -0.283. The third kappa shape index (κ3) is 3.09. The molecule has 7 nitrogen and oxygen atoms in total. The summed E-state index contributed by atoms with van der Waals surface area (Å²) in [5, 5.41) is 15.0. The largest absolute Gasteiger partial charge is 0.394 e. The third-order valence-electron chi connectivity index (χ3n) is 4.15. The number of nitrogens with zero attached hydrogens (tertiary/aromatic N) is 1. The molecule has 0 saturated carbocycles. The maximum atomic E-state index is 12.7. The van der Waals surface area contributed by atoms with Gasteiger partial charge in [0.1, 0.15) is 12.3 Å². The van der Waals surface area contributed by atoms with E-state index in [1.54, 1.807) is 24.3 Å². The molecule has 7 heteroatoms. The fourth-order valence-corrected chi connectivity index (χ4v) is 2.85. The smallest absolute Gasteiger partial charge is 0.258 e. The number of aliphatic hydroxyl groups is 1. The van der Waals surface area contributed by atoms with E-state index in [1.807, 2.05) is 18.2 Å². The van der Waals surface area contributed by atoms with E-state index in [0.29, 0.717) is 29.6 Å². The number of carbonyl (C=O) groups excluding carboxylic acids is 3. The Balaban J connectivity index is 1.97. The van der Waals surface area contributed by atoms with Crippen LogP contribution < -0.4 is 10.6 Å². The molecule has 3 N–H and O–H groups in total. The highest BCUT2D eigenvalue weighted by Crippen LogP contribution is 2.34. The van der Waals surface area contributed by atoms with Crippen molar-refractivity contribution < 1.29 is 19.5 Å². The van der Waals surface area contributed by atoms with E-state index < -0.39 is 12.6 Å². The Bertz CT molecular complexity index is 804. The molecule has 0 saturated heterocycles. The zero-order valence-electron chi connectivity index (χ0n) is 13.3. The number of nitrogens with one attached hydrogen (secondary N) is 2. The van der Waals surface area contributed by atoms with Crippen LogP contribution in [0.3, 0.4) is 0 Å². The van der Waals surface area contributed by atoms with Crippen LogP contribution in [0, 0.1) is 0 Å². The molecule has 1 heterocycles. The lowest BCUT2D eigenvalue weighted by molar-refractivity contribution is -0.112. The van der Waals surface area contributed by atoms with Crippen LogP contribution in [0.15, 0.2) is 42.5 Å². The zero-order chi connectivity index (χ0) is 17.8. The summed E-state index contributed by atoms with van der Waals surface area (Å²) < 4.78 is 0. The molecule has 1 aliphatic heterocycles. The van der Waals surface area contributed by atoms with Crippen molar-refractivity contribution in [1.29, 1.82) is 0 Å². The molecule has 0 aliphatic carbocycles. The lowest BCUT2D eigenvalue weighted by Crippen LogP contribution is -2.48. The van der Waals surface area contributed by atoms with E-state index in [9.17, 15) is 19.5 Å². The summed E-state index contributed by atoms with van der Waals surface area (Å²) in [7, 11) is 0. The summed E-state index contributed by atoms with van der Waals surface area (Å²) in [5.41, 5.74) is 3.53. The standard InChI is InChI=1S/C18H17N3O4/c22-8-14(9-23)21-10-19-17-15(2-1-3-16(17)18(21)25)12-4-6-13(7-5-12)20-11-24/h1-8,11,14,19,23H,9-10H2,(H,20,24). The number of hydrogen-bond donors (Lipinski definition) is 3. The number of para-hydroxylation sites is 1. The molecule has 1 unspecified atom stereocenters. The highest BCUT2D eigenvalue weighted by atomic mass is 16.3. The molecule has 0 radical (unpaired) electrons. The van der Waals surface area contributed by atoms with E-state index in [-0.39, 0.29) is 12.6 Å². The second-order valence-corrected chi connectivity index (χ2v) is 5.56. The lowest BCUT2D eigenvalue weighted by atomic mass is 9.97. The van der Waals surface area contributed by atoms with Crippen molar-refractivity contribution in [1.82, 2.24) is 4.90 Å². The Morgan fingerprint density at radius 3 is 2.52 bits per heavy atom. The minimum absolute atomic E-state index is 0.137. The van der Waals surface area contributed by atoms with Crippen LogP contribution in [-0.2, 0) is 9.59 Å². The van der Waals surface area contributed by atoms with Crippen molar-refractivity contribution in [2.24, 2.45) is 0 Å². The summed E-state index contributed by atoms with van der Waals surface area (Å²) >= 11 is 0. The van der Waals surface area contributed by atoms with Gasteiger partial charge in [0.15, 0.2) is 0 Å². The first-order valence-corrected chi connectivity index (χ1v) is 7.74. The van der Waals surface area contributed by atoms with Crippen LogP contribution in [0.25, 0.3) is 11.1 Å². The summed E-state index contributed by atoms with van der Waals surface area (Å²) in [6, 6.07) is 11.7. The molecule has 3 rings (SSSR count). The van der Waals surface area contributed by atoms with E-state index >= 15 is 0 Å². The van der Waals surface area contributed by atoms with Crippen LogP contribution >= 0.6 is 0 Å². The molecule has 25 heavy (non-hydrogen) atoms. The van der Waals surface area contributed by atoms with Gasteiger partial charge in [-0.2, -0.15) is 0 Å². The lowest BCUT2D eigenvalue weighted by Gasteiger charge is -2.33. The summed E-state index contributed by atoms with van der Waals surface area (Å²) in [4.78, 5) is 35.5. The van der Waals surface area contributed by atoms with Gasteiger partial charge in [0.05, 0.1) is 24.5 Å². The molecule has 2 aromatic carbocycles. The minimum Gasteiger partial charge on any atom is -0.394 e. The summed E-state index contributed by atoms with van der Waals surface area (Å²) in [6.07, 6.45) is 1.17. The predicted octanol–water partition coefficient (Wildman–Crippen LogP) is 1.31. The number of aliphatic hydroxyl groups excluding tert-OH is 1. The highest BCUT2D eigenvalue weighted by Gasteiger charge is 2.30. The van der Waals surface area contributed by atoms with Crippen LogP contribution in [0.4, 0.5) is 11.4 Å². The molecule has 128 valence electrons. The first-order valence-electron chi connectivity index (χ1n) is 7.74. The van der Waals surface area contributed by atoms with E-state index in [2.05, 4.69) is 10.6 Å². The third-order valence-corrected chi connectivity index (χ3v) is 4.15. The molecular formula is C18H17N3O4. The fraction of sp³-hybridized carbons (Fsp3) is 0.167. The number of benzene rings is 2. The van der Waals surface area contributed by atoms with E-state index in [1.165, 1.54) is 4.90 Å². The Morgan fingerprint density at radius 2 is 1.88 bits per heavy atom. The zero-order valence-corrected chi connectivity index (χ0v) is 13.3. The van der Waals surface area contributed by atoms with Crippen LogP contribution in [0.1, 0.15) is 10.4 Å². The molecule has 1 atom stereocenters. The van der Waals surface area contributed by atoms with Crippen LogP contribution in [-0.4, -0.2) is 47.9 Å². The molecule has 0 spiro atoms. The number of amides is 2. The number of rotatable bonds is 6. The first kappa shape index (κ1) is 16.7. The number of fused-ring (bicyclic) bond motifs is 1. The maximum absolute atomic E-state index is 12.7. The van der Waals surface area contributed by atoms with Gasteiger partial charge in [-0.15, -0.1) is 0 Å². The minimum atomic E-state index is -0.870. The molecule has 2 aromatic rings. The summed E-state index contributed by atoms with van der Waals surface area (Å²) in [5.74, 6) is -0.305. The first-order chi connectivity index (χ1) is 12.2. The van der Waals surface area contributed by atoms with Crippen LogP contribution in [0.5, 0.6) is 0 Å².